The summed E-state index contributed by atoms with van der Waals surface area (Å²) in [6.07, 6.45) is -1.68. The van der Waals surface area contributed by atoms with Crippen molar-refractivity contribution in [2.24, 2.45) is 0 Å². The number of hydrogen-bond donors (Lipinski definition) is 1. The van der Waals surface area contributed by atoms with Crippen molar-refractivity contribution in [1.82, 2.24) is 14.8 Å². The number of nitrogen functional groups attached to an aromatic ring is 1. The summed E-state index contributed by atoms with van der Waals surface area (Å²) in [5, 5.41) is 4.24. The van der Waals surface area contributed by atoms with Crippen molar-refractivity contribution in [1.29, 1.82) is 0 Å². The normalized spacial score (nSPS) is 11.9. The van der Waals surface area contributed by atoms with E-state index < -0.39 is 11.9 Å². The van der Waals surface area contributed by atoms with Gasteiger partial charge in [0.2, 0.25) is 0 Å². The number of fused-ring (bicyclic) bond motifs is 1. The second kappa shape index (κ2) is 4.22. The van der Waals surface area contributed by atoms with Crippen LogP contribution in [0.15, 0.2) is 42.7 Å². The maximum Gasteiger partial charge on any atom is 0.435 e. The fourth-order valence-corrected chi connectivity index (χ4v) is 1.96. The zero-order valence-electron chi connectivity index (χ0n) is 10.1. The van der Waals surface area contributed by atoms with Gasteiger partial charge in [-0.3, -0.25) is 4.98 Å². The van der Waals surface area contributed by atoms with E-state index in [1.165, 1.54) is 17.1 Å². The molecule has 7 heteroatoms. The molecular formula is C13H9F3N4. The second-order valence-electron chi connectivity index (χ2n) is 4.25. The van der Waals surface area contributed by atoms with Gasteiger partial charge in [0.15, 0.2) is 5.69 Å². The third kappa shape index (κ3) is 2.07. The third-order valence-electron chi connectivity index (χ3n) is 2.87. The number of halogens is 3. The Balaban J connectivity index is 2.17. The number of nitrogens with two attached hydrogens (primary N) is 1. The van der Waals surface area contributed by atoms with Crippen LogP contribution >= 0.6 is 0 Å². The molecule has 1 aromatic carbocycles. The summed E-state index contributed by atoms with van der Waals surface area (Å²) in [6.45, 7) is 0. The zero-order valence-corrected chi connectivity index (χ0v) is 10.1. The van der Waals surface area contributed by atoms with Crippen molar-refractivity contribution in [3.63, 3.8) is 0 Å². The Morgan fingerprint density at radius 1 is 1.10 bits per heavy atom. The Labute approximate surface area is 111 Å². The number of alkyl halides is 3. The molecule has 4 nitrogen and oxygen atoms in total. The highest BCUT2D eigenvalue weighted by atomic mass is 19.4. The van der Waals surface area contributed by atoms with Crippen LogP contribution < -0.4 is 5.73 Å². The molecule has 2 heterocycles. The van der Waals surface area contributed by atoms with E-state index >= 15 is 0 Å². The molecule has 2 aromatic heterocycles. The predicted molar refractivity (Wildman–Crippen MR) is 68.3 cm³/mol. The molecule has 0 unspecified atom stereocenters. The van der Waals surface area contributed by atoms with Crippen LogP contribution in [0.4, 0.5) is 18.9 Å². The Hall–Kier alpha value is -2.57. The predicted octanol–water partition coefficient (Wildman–Crippen LogP) is 3.02. The van der Waals surface area contributed by atoms with E-state index in [-0.39, 0.29) is 0 Å². The minimum Gasteiger partial charge on any atom is -0.399 e. The molecule has 3 aromatic rings. The molecule has 0 saturated heterocycles. The number of anilines is 1. The molecular weight excluding hydrogens is 269 g/mol. The molecule has 0 amide bonds. The summed E-state index contributed by atoms with van der Waals surface area (Å²) in [6, 6.07) is 7.58. The van der Waals surface area contributed by atoms with Gasteiger partial charge in [0.25, 0.3) is 0 Å². The van der Waals surface area contributed by atoms with Gasteiger partial charge in [-0.1, -0.05) is 0 Å². The minimum absolute atomic E-state index is 0.519. The minimum atomic E-state index is -4.46. The second-order valence-corrected chi connectivity index (χ2v) is 4.25. The number of hydrogen-bond acceptors (Lipinski definition) is 3. The monoisotopic (exact) mass is 278 g/mol. The van der Waals surface area contributed by atoms with Gasteiger partial charge in [0.05, 0.1) is 11.2 Å². The van der Waals surface area contributed by atoms with Gasteiger partial charge < -0.3 is 5.73 Å². The number of benzene rings is 1. The van der Waals surface area contributed by atoms with E-state index in [1.807, 2.05) is 0 Å². The van der Waals surface area contributed by atoms with Crippen molar-refractivity contribution in [2.45, 2.75) is 6.18 Å². The maximum atomic E-state index is 12.6. The summed E-state index contributed by atoms with van der Waals surface area (Å²) < 4.78 is 38.9. The molecule has 0 saturated carbocycles. The lowest BCUT2D eigenvalue weighted by Crippen LogP contribution is -2.07. The first-order valence-electron chi connectivity index (χ1n) is 5.72. The number of pyridine rings is 1. The fraction of sp³-hybridized carbons (Fsp3) is 0.0769. The van der Waals surface area contributed by atoms with Crippen LogP contribution in [-0.2, 0) is 6.18 Å². The quantitative estimate of drug-likeness (QED) is 0.696. The summed E-state index contributed by atoms with van der Waals surface area (Å²) in [5.41, 5.74) is 6.39. The average molecular weight is 278 g/mol. The smallest absolute Gasteiger partial charge is 0.399 e. The van der Waals surface area contributed by atoms with Crippen LogP contribution in [0, 0.1) is 0 Å². The average Bonchev–Trinajstić information content (AvgIpc) is 2.87. The standard InChI is InChI=1S/C13H9F3N4/c14-13(15,16)12-4-6-20(19-12)11-3-5-18-10-7-8(17)1-2-9(10)11/h1-7H,17H2. The lowest BCUT2D eigenvalue weighted by Gasteiger charge is -2.07. The van der Waals surface area contributed by atoms with Crippen LogP contribution in [0.5, 0.6) is 0 Å². The Morgan fingerprint density at radius 2 is 1.90 bits per heavy atom. The first-order valence-corrected chi connectivity index (χ1v) is 5.72. The van der Waals surface area contributed by atoms with Gasteiger partial charge in [-0.05, 0) is 30.3 Å². The number of nitrogens with zero attached hydrogens (tertiary/aromatic N) is 3. The molecule has 0 fully saturated rings. The van der Waals surface area contributed by atoms with Crippen LogP contribution in [0.1, 0.15) is 5.69 Å². The van der Waals surface area contributed by atoms with E-state index in [0.29, 0.717) is 22.3 Å². The summed E-state index contributed by atoms with van der Waals surface area (Å²) in [7, 11) is 0. The van der Waals surface area contributed by atoms with E-state index in [9.17, 15) is 13.2 Å². The lowest BCUT2D eigenvalue weighted by atomic mass is 10.1. The molecule has 0 aliphatic carbocycles. The van der Waals surface area contributed by atoms with Crippen LogP contribution in [0.25, 0.3) is 16.6 Å². The molecule has 20 heavy (non-hydrogen) atoms. The van der Waals surface area contributed by atoms with Crippen LogP contribution in [0.2, 0.25) is 0 Å². The van der Waals surface area contributed by atoms with Gasteiger partial charge in [0.1, 0.15) is 0 Å². The van der Waals surface area contributed by atoms with E-state index in [4.69, 9.17) is 5.73 Å². The van der Waals surface area contributed by atoms with Gasteiger partial charge in [0, 0.05) is 23.5 Å². The highest BCUT2D eigenvalue weighted by Gasteiger charge is 2.33. The SMILES string of the molecule is Nc1ccc2c(-n3ccc(C(F)(F)F)n3)ccnc2c1. The lowest BCUT2D eigenvalue weighted by molar-refractivity contribution is -0.141. The molecule has 0 spiro atoms. The molecule has 2 N–H and O–H groups in total. The van der Waals surface area contributed by atoms with Crippen molar-refractivity contribution in [2.75, 3.05) is 5.73 Å². The first kappa shape index (κ1) is 12.5. The largest absolute Gasteiger partial charge is 0.435 e. The molecule has 0 atom stereocenters. The van der Waals surface area contributed by atoms with Crippen molar-refractivity contribution < 1.29 is 13.2 Å². The fourth-order valence-electron chi connectivity index (χ4n) is 1.96. The summed E-state index contributed by atoms with van der Waals surface area (Å²) in [5.74, 6) is 0. The van der Waals surface area contributed by atoms with E-state index in [1.54, 1.807) is 24.3 Å². The number of aromatic nitrogens is 3. The number of rotatable bonds is 1. The van der Waals surface area contributed by atoms with Crippen LogP contribution in [0.3, 0.4) is 0 Å². The Bertz CT molecular complexity index is 777. The Kier molecular flexibility index (Phi) is 2.63. The molecule has 0 radical (unpaired) electrons. The van der Waals surface area contributed by atoms with Crippen molar-refractivity contribution in [3.05, 3.63) is 48.4 Å². The van der Waals surface area contributed by atoms with Crippen molar-refractivity contribution >= 4 is 16.6 Å². The summed E-state index contributed by atoms with van der Waals surface area (Å²) >= 11 is 0. The van der Waals surface area contributed by atoms with E-state index in [0.717, 1.165) is 6.07 Å². The topological polar surface area (TPSA) is 56.7 Å². The maximum absolute atomic E-state index is 12.6. The highest BCUT2D eigenvalue weighted by molar-refractivity contribution is 5.88. The van der Waals surface area contributed by atoms with E-state index in [2.05, 4.69) is 10.1 Å². The van der Waals surface area contributed by atoms with Crippen LogP contribution in [-0.4, -0.2) is 14.8 Å². The van der Waals surface area contributed by atoms with Gasteiger partial charge in [-0.2, -0.15) is 18.3 Å². The molecule has 102 valence electrons. The van der Waals surface area contributed by atoms with Gasteiger partial charge in [-0.25, -0.2) is 4.68 Å². The third-order valence-corrected chi connectivity index (χ3v) is 2.87. The highest BCUT2D eigenvalue weighted by Crippen LogP contribution is 2.29. The zero-order chi connectivity index (χ0) is 14.3. The summed E-state index contributed by atoms with van der Waals surface area (Å²) in [4.78, 5) is 4.14. The van der Waals surface area contributed by atoms with Gasteiger partial charge >= 0.3 is 6.18 Å². The molecule has 0 bridgehead atoms. The van der Waals surface area contributed by atoms with Crippen molar-refractivity contribution in [3.8, 4) is 5.69 Å². The molecule has 0 aliphatic rings. The Morgan fingerprint density at radius 3 is 2.60 bits per heavy atom. The van der Waals surface area contributed by atoms with Gasteiger partial charge in [-0.15, -0.1) is 0 Å². The first-order chi connectivity index (χ1) is 9.45. The molecule has 3 rings (SSSR count). The molecule has 0 aliphatic heterocycles.